The fourth-order valence-corrected chi connectivity index (χ4v) is 3.57. The second kappa shape index (κ2) is 7.82. The van der Waals surface area contributed by atoms with Gasteiger partial charge in [0.25, 0.3) is 0 Å². The summed E-state index contributed by atoms with van der Waals surface area (Å²) in [5.74, 6) is 0.988. The molecule has 1 aliphatic rings. The Hall–Kier alpha value is -3.56. The summed E-state index contributed by atoms with van der Waals surface area (Å²) < 4.78 is 7.03. The number of hydrogen-bond acceptors (Lipinski definition) is 8. The van der Waals surface area contributed by atoms with Gasteiger partial charge in [0.05, 0.1) is 30.4 Å². The van der Waals surface area contributed by atoms with Gasteiger partial charge in [-0.1, -0.05) is 0 Å². The fraction of sp³-hybridized carbons (Fsp3) is 0.368. The third-order valence-corrected chi connectivity index (χ3v) is 5.07. The van der Waals surface area contributed by atoms with E-state index in [1.54, 1.807) is 30.0 Å². The smallest absolute Gasteiger partial charge is 0.243 e. The van der Waals surface area contributed by atoms with Crippen LogP contribution in [0.5, 0.6) is 5.75 Å². The number of carbonyl (C=O) groups is 1. The van der Waals surface area contributed by atoms with Crippen molar-refractivity contribution in [2.45, 2.75) is 12.8 Å². The number of nitrogens with zero attached hydrogens (tertiary/aromatic N) is 5. The molecule has 1 aromatic carbocycles. The monoisotopic (exact) mass is 396 g/mol. The molecule has 0 bridgehead atoms. The zero-order valence-corrected chi connectivity index (χ0v) is 16.4. The van der Waals surface area contributed by atoms with Crippen molar-refractivity contribution in [1.82, 2.24) is 25.2 Å². The highest BCUT2D eigenvalue weighted by Crippen LogP contribution is 2.26. The summed E-state index contributed by atoms with van der Waals surface area (Å²) in [6.07, 6.45) is 5.54. The predicted octanol–water partition coefficient (Wildman–Crippen LogP) is 1.31. The van der Waals surface area contributed by atoms with E-state index in [1.165, 1.54) is 0 Å². The van der Waals surface area contributed by atoms with Crippen LogP contribution in [-0.2, 0) is 11.8 Å². The highest BCUT2D eigenvalue weighted by atomic mass is 16.5. The van der Waals surface area contributed by atoms with E-state index in [0.717, 1.165) is 25.1 Å². The van der Waals surface area contributed by atoms with E-state index < -0.39 is 0 Å². The number of hydrogen-bond donors (Lipinski definition) is 3. The Morgan fingerprint density at radius 2 is 2.21 bits per heavy atom. The number of aryl methyl sites for hydroxylation is 1. The second-order valence-corrected chi connectivity index (χ2v) is 7.09. The number of aromatic nitrogens is 4. The molecule has 3 aromatic rings. The molecule has 4 N–H and O–H groups in total. The average molecular weight is 396 g/mol. The van der Waals surface area contributed by atoms with Crippen LogP contribution < -0.4 is 26.2 Å². The second-order valence-electron chi connectivity index (χ2n) is 7.09. The lowest BCUT2D eigenvalue weighted by Gasteiger charge is -2.32. The normalized spacial score (nSPS) is 16.6. The first kappa shape index (κ1) is 18.8. The minimum Gasteiger partial charge on any atom is -0.497 e. The molecule has 0 saturated carbocycles. The van der Waals surface area contributed by atoms with Gasteiger partial charge in [0, 0.05) is 31.7 Å². The number of ether oxygens (including phenoxy) is 1. The number of nitrogen functional groups attached to an aromatic ring is 1. The molecule has 0 aliphatic carbocycles. The Morgan fingerprint density at radius 3 is 2.97 bits per heavy atom. The number of rotatable bonds is 5. The number of methoxy groups -OCH3 is 1. The van der Waals surface area contributed by atoms with Gasteiger partial charge in [0.15, 0.2) is 5.82 Å². The van der Waals surface area contributed by atoms with E-state index in [-0.39, 0.29) is 17.8 Å². The topological polar surface area (TPSA) is 123 Å². The molecule has 1 fully saturated rings. The van der Waals surface area contributed by atoms with Crippen LogP contribution in [0.1, 0.15) is 12.8 Å². The molecule has 2 aromatic heterocycles. The Bertz CT molecular complexity index is 1030. The molecule has 0 unspecified atom stereocenters. The van der Waals surface area contributed by atoms with E-state index >= 15 is 0 Å². The van der Waals surface area contributed by atoms with Crippen LogP contribution in [0.2, 0.25) is 0 Å². The first-order valence-corrected chi connectivity index (χ1v) is 9.44. The lowest BCUT2D eigenvalue weighted by Crippen LogP contribution is -2.44. The molecule has 1 saturated heterocycles. The standard InChI is InChI=1S/C19H24N8O2/c1-26-11-13(9-21-26)27-7-3-4-12(10-27)18(28)25-24-17-15-8-14(29-2)5-6-16(15)22-19(20)23-17/h5-6,8-9,11-12H,3-4,7,10H2,1-2H3,(H,25,28)(H3,20,22,23,24)/t12-/m1/s1. The highest BCUT2D eigenvalue weighted by Gasteiger charge is 2.26. The molecule has 29 heavy (non-hydrogen) atoms. The summed E-state index contributed by atoms with van der Waals surface area (Å²) in [4.78, 5) is 23.4. The number of carbonyl (C=O) groups excluding carboxylic acids is 1. The van der Waals surface area contributed by atoms with Crippen LogP contribution in [0.25, 0.3) is 10.9 Å². The molecule has 10 nitrogen and oxygen atoms in total. The minimum absolute atomic E-state index is 0.0909. The molecular weight excluding hydrogens is 372 g/mol. The fourth-order valence-electron chi connectivity index (χ4n) is 3.57. The minimum atomic E-state index is -0.142. The third-order valence-electron chi connectivity index (χ3n) is 5.07. The SMILES string of the molecule is COc1ccc2nc(N)nc(NNC(=O)[C@@H]3CCCN(c4cnn(C)c4)C3)c2c1. The van der Waals surface area contributed by atoms with Crippen LogP contribution in [0.3, 0.4) is 0 Å². The van der Waals surface area contributed by atoms with Crippen molar-refractivity contribution >= 4 is 34.3 Å². The van der Waals surface area contributed by atoms with Crippen LogP contribution in [0.15, 0.2) is 30.6 Å². The summed E-state index contributed by atoms with van der Waals surface area (Å²) in [5.41, 5.74) is 13.2. The van der Waals surface area contributed by atoms with Crippen molar-refractivity contribution in [3.05, 3.63) is 30.6 Å². The van der Waals surface area contributed by atoms with Gasteiger partial charge in [0.1, 0.15) is 5.75 Å². The van der Waals surface area contributed by atoms with Crippen LogP contribution in [0, 0.1) is 5.92 Å². The van der Waals surface area contributed by atoms with E-state index in [2.05, 4.69) is 30.8 Å². The Balaban J connectivity index is 1.46. The number of hydrazine groups is 1. The van der Waals surface area contributed by atoms with E-state index in [1.807, 2.05) is 19.4 Å². The van der Waals surface area contributed by atoms with Crippen molar-refractivity contribution in [3.8, 4) is 5.75 Å². The summed E-state index contributed by atoms with van der Waals surface area (Å²) in [5, 5.41) is 4.92. The number of nitrogens with two attached hydrogens (primary N) is 1. The molecule has 1 amide bonds. The van der Waals surface area contributed by atoms with Gasteiger partial charge in [-0.25, -0.2) is 4.98 Å². The van der Waals surface area contributed by atoms with Gasteiger partial charge in [-0.2, -0.15) is 10.1 Å². The lowest BCUT2D eigenvalue weighted by molar-refractivity contribution is -0.124. The number of piperidine rings is 1. The van der Waals surface area contributed by atoms with E-state index in [0.29, 0.717) is 29.0 Å². The van der Waals surface area contributed by atoms with Crippen molar-refractivity contribution in [2.75, 3.05) is 36.3 Å². The first-order valence-electron chi connectivity index (χ1n) is 9.44. The Labute approximate surface area is 168 Å². The van der Waals surface area contributed by atoms with Crippen molar-refractivity contribution in [3.63, 3.8) is 0 Å². The number of amides is 1. The van der Waals surface area contributed by atoms with E-state index in [4.69, 9.17) is 10.5 Å². The summed E-state index contributed by atoms with van der Waals surface area (Å²) in [6, 6.07) is 5.40. The van der Waals surface area contributed by atoms with Crippen LogP contribution >= 0.6 is 0 Å². The third kappa shape index (κ3) is 4.00. The molecule has 152 valence electrons. The summed E-state index contributed by atoms with van der Waals surface area (Å²) in [6.45, 7) is 1.55. The molecule has 0 spiro atoms. The quantitative estimate of drug-likeness (QED) is 0.552. The number of benzene rings is 1. The zero-order chi connectivity index (χ0) is 20.4. The first-order chi connectivity index (χ1) is 14.0. The molecule has 1 atom stereocenters. The summed E-state index contributed by atoms with van der Waals surface area (Å²) >= 11 is 0. The number of fused-ring (bicyclic) bond motifs is 1. The molecule has 0 radical (unpaired) electrons. The van der Waals surface area contributed by atoms with E-state index in [9.17, 15) is 4.79 Å². The van der Waals surface area contributed by atoms with Gasteiger partial charge in [-0.15, -0.1) is 0 Å². The molecule has 4 rings (SSSR count). The molecule has 10 heteroatoms. The van der Waals surface area contributed by atoms with Crippen molar-refractivity contribution < 1.29 is 9.53 Å². The van der Waals surface area contributed by atoms with Gasteiger partial charge in [0.2, 0.25) is 11.9 Å². The number of anilines is 3. The van der Waals surface area contributed by atoms with Gasteiger partial charge >= 0.3 is 0 Å². The maximum atomic E-state index is 12.8. The highest BCUT2D eigenvalue weighted by molar-refractivity contribution is 5.92. The van der Waals surface area contributed by atoms with Gasteiger partial charge < -0.3 is 15.4 Å². The Morgan fingerprint density at radius 1 is 1.34 bits per heavy atom. The van der Waals surface area contributed by atoms with Gasteiger partial charge in [-0.3, -0.25) is 20.3 Å². The maximum Gasteiger partial charge on any atom is 0.243 e. The molecular formula is C19H24N8O2. The predicted molar refractivity (Wildman–Crippen MR) is 110 cm³/mol. The average Bonchev–Trinajstić information content (AvgIpc) is 3.18. The van der Waals surface area contributed by atoms with Crippen LogP contribution in [-0.4, -0.2) is 45.9 Å². The largest absolute Gasteiger partial charge is 0.497 e. The summed E-state index contributed by atoms with van der Waals surface area (Å²) in [7, 11) is 3.47. The van der Waals surface area contributed by atoms with Crippen LogP contribution in [0.4, 0.5) is 17.5 Å². The molecule has 1 aliphatic heterocycles. The van der Waals surface area contributed by atoms with Gasteiger partial charge in [-0.05, 0) is 31.0 Å². The Kier molecular flexibility index (Phi) is 5.07. The maximum absolute atomic E-state index is 12.8. The van der Waals surface area contributed by atoms with Crippen molar-refractivity contribution in [2.24, 2.45) is 13.0 Å². The number of nitrogens with one attached hydrogen (secondary N) is 2. The van der Waals surface area contributed by atoms with Crippen molar-refractivity contribution in [1.29, 1.82) is 0 Å². The zero-order valence-electron chi connectivity index (χ0n) is 16.4. The molecule has 3 heterocycles. The lowest BCUT2D eigenvalue weighted by atomic mass is 9.97.